The summed E-state index contributed by atoms with van der Waals surface area (Å²) in [5.41, 5.74) is 0.129. The molecule has 4 rings (SSSR count). The number of para-hydroxylation sites is 1. The van der Waals surface area contributed by atoms with E-state index < -0.39 is 52.8 Å². The third-order valence-electron chi connectivity index (χ3n) is 8.00. The van der Waals surface area contributed by atoms with Crippen LogP contribution in [0.15, 0.2) is 72.8 Å². The standard InChI is InChI=1S/C37H42N2O9/c1-23(38-32(41)24(2)39-35(44)48-36(3,4)5)31(40)37(34(43)45-6)20-19-26-15-12-18-30(28(26)21-37)47-29-17-11-10-16-27(29)33(42)46-22-25-13-8-7-9-14-25/h7-18,23-24H,19-22H2,1-6H3,(H,38,41)(H,39,44)/t23-,24-,37-/m0/s1. The Balaban J connectivity index is 1.54. The van der Waals surface area contributed by atoms with E-state index in [0.717, 1.165) is 11.1 Å². The van der Waals surface area contributed by atoms with Crippen molar-refractivity contribution in [3.8, 4) is 11.5 Å². The number of hydrogen-bond acceptors (Lipinski definition) is 9. The van der Waals surface area contributed by atoms with Crippen LogP contribution < -0.4 is 15.4 Å². The number of benzene rings is 3. The van der Waals surface area contributed by atoms with E-state index in [9.17, 15) is 24.0 Å². The van der Waals surface area contributed by atoms with Gasteiger partial charge in [-0.05, 0) is 88.8 Å². The van der Waals surface area contributed by atoms with Crippen LogP contribution in [0.3, 0.4) is 0 Å². The zero-order valence-corrected chi connectivity index (χ0v) is 28.1. The minimum atomic E-state index is -1.64. The smallest absolute Gasteiger partial charge is 0.408 e. The second kappa shape index (κ2) is 15.1. The van der Waals surface area contributed by atoms with Crippen LogP contribution in [-0.4, -0.2) is 54.5 Å². The van der Waals surface area contributed by atoms with Gasteiger partial charge >= 0.3 is 18.0 Å². The van der Waals surface area contributed by atoms with Crippen molar-refractivity contribution in [2.75, 3.05) is 7.11 Å². The van der Waals surface area contributed by atoms with Crippen LogP contribution in [0.1, 0.15) is 68.1 Å². The number of fused-ring (bicyclic) bond motifs is 1. The first kappa shape index (κ1) is 35.7. The molecule has 48 heavy (non-hydrogen) atoms. The van der Waals surface area contributed by atoms with E-state index in [-0.39, 0.29) is 30.8 Å². The summed E-state index contributed by atoms with van der Waals surface area (Å²) in [4.78, 5) is 65.7. The average Bonchev–Trinajstić information content (AvgIpc) is 3.06. The van der Waals surface area contributed by atoms with Gasteiger partial charge in [-0.2, -0.15) is 0 Å². The molecule has 0 fully saturated rings. The number of nitrogens with one attached hydrogen (secondary N) is 2. The number of methoxy groups -OCH3 is 1. The number of rotatable bonds is 11. The van der Waals surface area contributed by atoms with Gasteiger partial charge in [0.2, 0.25) is 5.91 Å². The highest BCUT2D eigenvalue weighted by Crippen LogP contribution is 2.43. The van der Waals surface area contributed by atoms with Gasteiger partial charge < -0.3 is 29.6 Å². The van der Waals surface area contributed by atoms with Crippen molar-refractivity contribution in [3.63, 3.8) is 0 Å². The Morgan fingerprint density at radius 2 is 1.50 bits per heavy atom. The average molecular weight is 659 g/mol. The lowest BCUT2D eigenvalue weighted by atomic mass is 9.67. The van der Waals surface area contributed by atoms with Crippen LogP contribution in [0, 0.1) is 5.41 Å². The SMILES string of the molecule is COC(=O)[C@@]1(C(=O)[C@H](C)NC(=O)[C@H](C)NC(=O)OC(C)(C)C)CCc2cccc(Oc3ccccc3C(=O)OCc3ccccc3)c2C1. The Morgan fingerprint density at radius 1 is 0.833 bits per heavy atom. The van der Waals surface area contributed by atoms with E-state index in [4.69, 9.17) is 18.9 Å². The summed E-state index contributed by atoms with van der Waals surface area (Å²) in [7, 11) is 1.21. The first-order chi connectivity index (χ1) is 22.7. The summed E-state index contributed by atoms with van der Waals surface area (Å²) >= 11 is 0. The van der Waals surface area contributed by atoms with Gasteiger partial charge in [0.15, 0.2) is 5.78 Å². The van der Waals surface area contributed by atoms with Crippen LogP contribution in [0.4, 0.5) is 4.79 Å². The summed E-state index contributed by atoms with van der Waals surface area (Å²) in [6.45, 7) is 8.13. The number of carbonyl (C=O) groups is 5. The van der Waals surface area contributed by atoms with E-state index in [1.54, 1.807) is 57.2 Å². The minimum Gasteiger partial charge on any atom is -0.468 e. The largest absolute Gasteiger partial charge is 0.468 e. The minimum absolute atomic E-state index is 0.0590. The van der Waals surface area contributed by atoms with Crippen molar-refractivity contribution in [1.29, 1.82) is 0 Å². The Hall–Kier alpha value is -5.19. The molecule has 254 valence electrons. The zero-order valence-electron chi connectivity index (χ0n) is 28.1. The molecule has 11 heteroatoms. The van der Waals surface area contributed by atoms with Crippen molar-refractivity contribution in [2.24, 2.45) is 5.41 Å². The van der Waals surface area contributed by atoms with Gasteiger partial charge in [0.1, 0.15) is 40.7 Å². The maximum absolute atomic E-state index is 14.1. The van der Waals surface area contributed by atoms with Gasteiger partial charge in [0.25, 0.3) is 0 Å². The molecule has 0 unspecified atom stereocenters. The fraction of sp³-hybridized carbons (Fsp3) is 0.378. The summed E-state index contributed by atoms with van der Waals surface area (Å²) in [5.74, 6) is -1.87. The van der Waals surface area contributed by atoms with Gasteiger partial charge in [-0.3, -0.25) is 14.4 Å². The third-order valence-corrected chi connectivity index (χ3v) is 8.00. The molecule has 0 aliphatic heterocycles. The maximum Gasteiger partial charge on any atom is 0.408 e. The number of amides is 2. The lowest BCUT2D eigenvalue weighted by molar-refractivity contribution is -0.160. The van der Waals surface area contributed by atoms with Crippen molar-refractivity contribution in [2.45, 2.75) is 78.2 Å². The van der Waals surface area contributed by atoms with Crippen LogP contribution in [0.2, 0.25) is 0 Å². The summed E-state index contributed by atoms with van der Waals surface area (Å²) in [5, 5.41) is 5.07. The third kappa shape index (κ3) is 8.58. The molecular formula is C37H42N2O9. The number of esters is 2. The molecule has 0 bridgehead atoms. The van der Waals surface area contributed by atoms with E-state index in [2.05, 4.69) is 10.6 Å². The number of ether oxygens (including phenoxy) is 4. The number of alkyl carbamates (subject to hydrolysis) is 1. The Bertz CT molecular complexity index is 1660. The number of hydrogen-bond donors (Lipinski definition) is 2. The molecule has 3 atom stereocenters. The van der Waals surface area contributed by atoms with E-state index >= 15 is 0 Å². The van der Waals surface area contributed by atoms with E-state index in [0.29, 0.717) is 17.7 Å². The molecule has 0 aromatic heterocycles. The highest BCUT2D eigenvalue weighted by Gasteiger charge is 2.51. The highest BCUT2D eigenvalue weighted by molar-refractivity contribution is 6.08. The topological polar surface area (TPSA) is 146 Å². The fourth-order valence-corrected chi connectivity index (χ4v) is 5.57. The van der Waals surface area contributed by atoms with Crippen LogP contribution in [0.25, 0.3) is 0 Å². The first-order valence-corrected chi connectivity index (χ1v) is 15.8. The van der Waals surface area contributed by atoms with Crippen molar-refractivity contribution in [1.82, 2.24) is 10.6 Å². The molecule has 3 aromatic rings. The number of Topliss-reactive ketones (excluding diaryl/α,β-unsaturated/α-hetero) is 1. The molecule has 3 aromatic carbocycles. The van der Waals surface area contributed by atoms with E-state index in [1.807, 2.05) is 36.4 Å². The second-order valence-electron chi connectivity index (χ2n) is 12.8. The number of ketones is 1. The lowest BCUT2D eigenvalue weighted by Gasteiger charge is -2.37. The molecule has 1 aliphatic carbocycles. The Labute approximate surface area is 280 Å². The van der Waals surface area contributed by atoms with Crippen LogP contribution >= 0.6 is 0 Å². The maximum atomic E-state index is 14.1. The summed E-state index contributed by atoms with van der Waals surface area (Å²) < 4.78 is 22.2. The molecule has 2 amide bonds. The summed E-state index contributed by atoms with van der Waals surface area (Å²) in [6.07, 6.45) is -0.344. The normalized spacial score (nSPS) is 16.7. The fourth-order valence-electron chi connectivity index (χ4n) is 5.57. The predicted molar refractivity (Wildman–Crippen MR) is 176 cm³/mol. The number of aryl methyl sites for hydroxylation is 1. The predicted octanol–water partition coefficient (Wildman–Crippen LogP) is 5.47. The second-order valence-corrected chi connectivity index (χ2v) is 12.8. The van der Waals surface area contributed by atoms with Gasteiger partial charge in [-0.25, -0.2) is 9.59 Å². The first-order valence-electron chi connectivity index (χ1n) is 15.8. The Kier molecular flexibility index (Phi) is 11.3. The molecule has 2 N–H and O–H groups in total. The molecular weight excluding hydrogens is 616 g/mol. The van der Waals surface area contributed by atoms with Crippen LogP contribution in [0.5, 0.6) is 11.5 Å². The van der Waals surface area contributed by atoms with Crippen molar-refractivity contribution < 1.29 is 42.9 Å². The Morgan fingerprint density at radius 3 is 2.19 bits per heavy atom. The molecule has 1 aliphatic rings. The molecule has 0 saturated heterocycles. The quantitative estimate of drug-likeness (QED) is 0.156. The monoisotopic (exact) mass is 658 g/mol. The van der Waals surface area contributed by atoms with Gasteiger partial charge in [-0.15, -0.1) is 0 Å². The van der Waals surface area contributed by atoms with Gasteiger partial charge in [-0.1, -0.05) is 54.6 Å². The van der Waals surface area contributed by atoms with Gasteiger partial charge in [0.05, 0.1) is 13.2 Å². The van der Waals surface area contributed by atoms with Crippen LogP contribution in [-0.2, 0) is 48.0 Å². The lowest BCUT2D eigenvalue weighted by Crippen LogP contribution is -2.56. The summed E-state index contributed by atoms with van der Waals surface area (Å²) in [6, 6.07) is 19.3. The van der Waals surface area contributed by atoms with E-state index in [1.165, 1.54) is 21.0 Å². The highest BCUT2D eigenvalue weighted by atomic mass is 16.6. The molecule has 0 heterocycles. The van der Waals surface area contributed by atoms with Crippen molar-refractivity contribution >= 4 is 29.7 Å². The zero-order chi connectivity index (χ0) is 35.1. The van der Waals surface area contributed by atoms with Gasteiger partial charge in [0, 0.05) is 0 Å². The molecule has 0 saturated carbocycles. The van der Waals surface area contributed by atoms with Crippen molar-refractivity contribution in [3.05, 3.63) is 95.1 Å². The number of carbonyl (C=O) groups excluding carboxylic acids is 5. The molecule has 11 nitrogen and oxygen atoms in total. The molecule has 0 radical (unpaired) electrons. The molecule has 0 spiro atoms.